The Kier molecular flexibility index (Phi) is 3.67. The van der Waals surface area contributed by atoms with E-state index in [1.807, 2.05) is 6.07 Å². The molecule has 1 aromatic carbocycles. The molecule has 0 aliphatic rings. The second-order valence-electron chi connectivity index (χ2n) is 5.70. The third-order valence-electron chi connectivity index (χ3n) is 3.26. The third kappa shape index (κ3) is 2.70. The first-order valence-electron chi connectivity index (χ1n) is 6.57. The molecule has 0 spiro atoms. The molecule has 2 aromatic rings. The molecular formula is C16H21NSi. The van der Waals surface area contributed by atoms with Crippen LogP contribution < -0.4 is 5.19 Å². The minimum Gasteiger partial charge on any atom is -0.256 e. The monoisotopic (exact) mass is 255 g/mol. The second kappa shape index (κ2) is 5.07. The van der Waals surface area contributed by atoms with Crippen LogP contribution in [-0.2, 0) is 6.42 Å². The predicted octanol–water partition coefficient (Wildman–Crippen LogP) is 3.86. The summed E-state index contributed by atoms with van der Waals surface area (Å²) in [6, 6.07) is 12.8. The van der Waals surface area contributed by atoms with Gasteiger partial charge >= 0.3 is 0 Å². The molecular weight excluding hydrogens is 234 g/mol. The van der Waals surface area contributed by atoms with Gasteiger partial charge in [0.25, 0.3) is 0 Å². The highest BCUT2D eigenvalue weighted by atomic mass is 28.3. The van der Waals surface area contributed by atoms with Crippen molar-refractivity contribution in [1.82, 2.24) is 4.98 Å². The molecule has 0 aliphatic carbocycles. The van der Waals surface area contributed by atoms with Crippen LogP contribution in [0.5, 0.6) is 0 Å². The summed E-state index contributed by atoms with van der Waals surface area (Å²) >= 11 is 0. The topological polar surface area (TPSA) is 12.9 Å². The Balaban J connectivity index is 2.51. The van der Waals surface area contributed by atoms with Crippen molar-refractivity contribution in [3.05, 3.63) is 48.2 Å². The summed E-state index contributed by atoms with van der Waals surface area (Å²) in [5.74, 6) is 0. The average Bonchev–Trinajstić information content (AvgIpc) is 2.38. The molecule has 2 heteroatoms. The molecule has 0 saturated carbocycles. The molecule has 0 radical (unpaired) electrons. The molecule has 0 bridgehead atoms. The van der Waals surface area contributed by atoms with E-state index in [2.05, 4.69) is 63.1 Å². The van der Waals surface area contributed by atoms with E-state index >= 15 is 0 Å². The highest BCUT2D eigenvalue weighted by Gasteiger charge is 2.18. The maximum absolute atomic E-state index is 4.72. The van der Waals surface area contributed by atoms with Crippen molar-refractivity contribution in [2.75, 3.05) is 0 Å². The van der Waals surface area contributed by atoms with Crippen molar-refractivity contribution in [1.29, 1.82) is 0 Å². The van der Waals surface area contributed by atoms with Gasteiger partial charge in [0, 0.05) is 11.8 Å². The van der Waals surface area contributed by atoms with Gasteiger partial charge in [0.1, 0.15) is 0 Å². The first kappa shape index (κ1) is 13.0. The van der Waals surface area contributed by atoms with Crippen LogP contribution in [0.1, 0.15) is 12.5 Å². The molecule has 1 nitrogen and oxygen atoms in total. The third-order valence-corrected chi connectivity index (χ3v) is 5.27. The minimum absolute atomic E-state index is 1.04. The van der Waals surface area contributed by atoms with E-state index in [9.17, 15) is 0 Å². The Bertz CT molecular complexity index is 527. The number of nitrogens with zero attached hydrogens (tertiary/aromatic N) is 1. The number of aryl methyl sites for hydroxylation is 1. The summed E-state index contributed by atoms with van der Waals surface area (Å²) in [7, 11) is -1.27. The zero-order valence-electron chi connectivity index (χ0n) is 11.7. The van der Waals surface area contributed by atoms with E-state index < -0.39 is 8.07 Å². The van der Waals surface area contributed by atoms with Gasteiger partial charge in [-0.3, -0.25) is 4.98 Å². The van der Waals surface area contributed by atoms with Crippen LogP contribution in [0.2, 0.25) is 19.6 Å². The lowest BCUT2D eigenvalue weighted by molar-refractivity contribution is 1.11. The number of rotatable bonds is 3. The van der Waals surface area contributed by atoms with Gasteiger partial charge in [0.05, 0.1) is 13.8 Å². The van der Waals surface area contributed by atoms with Crippen LogP contribution in [0.25, 0.3) is 11.3 Å². The summed E-state index contributed by atoms with van der Waals surface area (Å²) in [6.45, 7) is 9.31. The van der Waals surface area contributed by atoms with Crippen LogP contribution in [0, 0.1) is 0 Å². The van der Waals surface area contributed by atoms with Crippen LogP contribution in [-0.4, -0.2) is 13.1 Å². The van der Waals surface area contributed by atoms with Crippen molar-refractivity contribution in [2.24, 2.45) is 0 Å². The van der Waals surface area contributed by atoms with Gasteiger partial charge in [-0.2, -0.15) is 0 Å². The first-order chi connectivity index (χ1) is 8.52. The molecule has 2 rings (SSSR count). The molecule has 0 atom stereocenters. The van der Waals surface area contributed by atoms with Crippen molar-refractivity contribution in [3.63, 3.8) is 0 Å². The summed E-state index contributed by atoms with van der Waals surface area (Å²) in [6.07, 6.45) is 3.11. The highest BCUT2D eigenvalue weighted by molar-refractivity contribution is 6.88. The van der Waals surface area contributed by atoms with E-state index in [-0.39, 0.29) is 0 Å². The molecule has 0 N–H and O–H groups in total. The number of hydrogen-bond acceptors (Lipinski definition) is 1. The zero-order valence-corrected chi connectivity index (χ0v) is 12.7. The fourth-order valence-corrected chi connectivity index (χ4v) is 3.11. The van der Waals surface area contributed by atoms with Crippen LogP contribution >= 0.6 is 0 Å². The number of hydrogen-bond donors (Lipinski definition) is 0. The van der Waals surface area contributed by atoms with Crippen molar-refractivity contribution < 1.29 is 0 Å². The molecule has 0 unspecified atom stereocenters. The Labute approximate surface area is 111 Å². The quantitative estimate of drug-likeness (QED) is 0.759. The predicted molar refractivity (Wildman–Crippen MR) is 82.0 cm³/mol. The first-order valence-corrected chi connectivity index (χ1v) is 10.1. The normalized spacial score (nSPS) is 11.6. The lowest BCUT2D eigenvalue weighted by Crippen LogP contribution is -2.38. The second-order valence-corrected chi connectivity index (χ2v) is 10.8. The maximum atomic E-state index is 4.72. The van der Waals surface area contributed by atoms with Gasteiger partial charge in [-0.15, -0.1) is 0 Å². The lowest BCUT2D eigenvalue weighted by Gasteiger charge is -2.18. The van der Waals surface area contributed by atoms with Gasteiger partial charge in [-0.1, -0.05) is 63.0 Å². The largest absolute Gasteiger partial charge is 0.256 e. The standard InChI is InChI=1S/C16H21NSi/c1-5-13-11-15(18(2,3)4)12-17-16(13)14-9-7-6-8-10-14/h6-12H,5H2,1-4H3. The Hall–Kier alpha value is -1.41. The molecule has 1 heterocycles. The van der Waals surface area contributed by atoms with Crippen molar-refractivity contribution >= 4 is 13.3 Å². The van der Waals surface area contributed by atoms with E-state index in [1.165, 1.54) is 16.3 Å². The fourth-order valence-electron chi connectivity index (χ4n) is 2.05. The Morgan fingerprint density at radius 3 is 2.28 bits per heavy atom. The van der Waals surface area contributed by atoms with Crippen molar-refractivity contribution in [2.45, 2.75) is 33.0 Å². The fraction of sp³-hybridized carbons (Fsp3) is 0.312. The maximum Gasteiger partial charge on any atom is 0.0796 e. The van der Waals surface area contributed by atoms with Gasteiger partial charge in [0.15, 0.2) is 0 Å². The Morgan fingerprint density at radius 1 is 1.06 bits per heavy atom. The zero-order chi connectivity index (χ0) is 13.2. The summed E-state index contributed by atoms with van der Waals surface area (Å²) < 4.78 is 0. The van der Waals surface area contributed by atoms with Crippen LogP contribution in [0.3, 0.4) is 0 Å². The van der Waals surface area contributed by atoms with Crippen molar-refractivity contribution in [3.8, 4) is 11.3 Å². The molecule has 94 valence electrons. The molecule has 0 fully saturated rings. The van der Waals surface area contributed by atoms with E-state index in [4.69, 9.17) is 4.98 Å². The summed E-state index contributed by atoms with van der Waals surface area (Å²) in [5, 5.41) is 1.44. The number of benzene rings is 1. The number of pyridine rings is 1. The average molecular weight is 255 g/mol. The molecule has 0 amide bonds. The molecule has 0 saturated heterocycles. The highest BCUT2D eigenvalue weighted by Crippen LogP contribution is 2.21. The molecule has 18 heavy (non-hydrogen) atoms. The van der Waals surface area contributed by atoms with E-state index in [1.54, 1.807) is 0 Å². The van der Waals surface area contributed by atoms with Gasteiger partial charge < -0.3 is 0 Å². The van der Waals surface area contributed by atoms with Crippen LogP contribution in [0.15, 0.2) is 42.6 Å². The minimum atomic E-state index is -1.27. The smallest absolute Gasteiger partial charge is 0.0796 e. The van der Waals surface area contributed by atoms with E-state index in [0.29, 0.717) is 0 Å². The SMILES string of the molecule is CCc1cc([Si](C)(C)C)cnc1-c1ccccc1. The summed E-state index contributed by atoms with van der Waals surface area (Å²) in [5.41, 5.74) is 3.72. The van der Waals surface area contributed by atoms with Crippen LogP contribution in [0.4, 0.5) is 0 Å². The van der Waals surface area contributed by atoms with E-state index in [0.717, 1.165) is 12.1 Å². The van der Waals surface area contributed by atoms with Gasteiger partial charge in [0.2, 0.25) is 0 Å². The summed E-state index contributed by atoms with van der Waals surface area (Å²) in [4.78, 5) is 4.72. The number of aromatic nitrogens is 1. The lowest BCUT2D eigenvalue weighted by atomic mass is 10.0. The van der Waals surface area contributed by atoms with Gasteiger partial charge in [-0.25, -0.2) is 0 Å². The molecule has 1 aromatic heterocycles. The van der Waals surface area contributed by atoms with Gasteiger partial charge in [-0.05, 0) is 17.2 Å². The Morgan fingerprint density at radius 2 is 1.72 bits per heavy atom. The molecule has 0 aliphatic heterocycles.